The predicted molar refractivity (Wildman–Crippen MR) is 50.3 cm³/mol. The van der Waals surface area contributed by atoms with Gasteiger partial charge in [0.25, 0.3) is 0 Å². The molecule has 0 saturated heterocycles. The van der Waals surface area contributed by atoms with Crippen LogP contribution in [0, 0.1) is 0 Å². The Morgan fingerprint density at radius 1 is 1.36 bits per heavy atom. The Kier molecular flexibility index (Phi) is 9.33. The molecular formula is C8H13ClO5. The molecular weight excluding hydrogens is 212 g/mol. The molecule has 1 atom stereocenters. The van der Waals surface area contributed by atoms with E-state index in [4.69, 9.17) is 16.7 Å². The maximum absolute atomic E-state index is 10.1. The van der Waals surface area contributed by atoms with Crippen molar-refractivity contribution in [2.24, 2.45) is 0 Å². The van der Waals surface area contributed by atoms with Gasteiger partial charge < -0.3 is 9.84 Å². The van der Waals surface area contributed by atoms with Gasteiger partial charge in [0, 0.05) is 6.92 Å². The lowest BCUT2D eigenvalue weighted by Gasteiger charge is -1.93. The van der Waals surface area contributed by atoms with Gasteiger partial charge in [-0.1, -0.05) is 0 Å². The molecule has 0 aliphatic carbocycles. The van der Waals surface area contributed by atoms with Gasteiger partial charge in [-0.2, -0.15) is 0 Å². The Labute approximate surface area is 87.0 Å². The Hall–Kier alpha value is -1.10. The third-order valence-electron chi connectivity index (χ3n) is 0.921. The van der Waals surface area contributed by atoms with E-state index in [1.165, 1.54) is 6.92 Å². The number of carbonyl (C=O) groups excluding carboxylic acids is 2. The van der Waals surface area contributed by atoms with Gasteiger partial charge in [0.2, 0.25) is 0 Å². The minimum atomic E-state index is -1.38. The lowest BCUT2D eigenvalue weighted by Crippen LogP contribution is -2.20. The molecule has 0 fully saturated rings. The molecule has 14 heavy (non-hydrogen) atoms. The molecule has 0 aromatic rings. The number of halogens is 1. The van der Waals surface area contributed by atoms with Gasteiger partial charge in [-0.05, 0) is 13.8 Å². The molecule has 0 bridgehead atoms. The number of hydrogen-bond donors (Lipinski definition) is 1. The van der Waals surface area contributed by atoms with Crippen LogP contribution in [0.3, 0.4) is 0 Å². The number of rotatable bonds is 3. The molecule has 0 heterocycles. The van der Waals surface area contributed by atoms with Gasteiger partial charge >= 0.3 is 11.9 Å². The molecule has 0 saturated carbocycles. The van der Waals surface area contributed by atoms with Crippen molar-refractivity contribution >= 4 is 29.3 Å². The molecule has 82 valence electrons. The zero-order valence-electron chi connectivity index (χ0n) is 8.24. The summed E-state index contributed by atoms with van der Waals surface area (Å²) in [6, 6.07) is 0. The van der Waals surface area contributed by atoms with Crippen molar-refractivity contribution in [1.82, 2.24) is 0 Å². The van der Waals surface area contributed by atoms with Crippen LogP contribution < -0.4 is 0 Å². The van der Waals surface area contributed by atoms with Crippen LogP contribution in [0.15, 0.2) is 0 Å². The third kappa shape index (κ3) is 10.9. The first-order valence-electron chi connectivity index (χ1n) is 3.83. The fraction of sp³-hybridized carbons (Fsp3) is 0.625. The summed E-state index contributed by atoms with van der Waals surface area (Å²) in [4.78, 5) is 29.7. The second kappa shape index (κ2) is 8.50. The van der Waals surface area contributed by atoms with E-state index in [1.807, 2.05) is 0 Å². The van der Waals surface area contributed by atoms with Gasteiger partial charge in [-0.25, -0.2) is 0 Å². The van der Waals surface area contributed by atoms with E-state index in [0.717, 1.165) is 6.92 Å². The summed E-state index contributed by atoms with van der Waals surface area (Å²) >= 11 is 5.00. The van der Waals surface area contributed by atoms with Gasteiger partial charge in [-0.15, -0.1) is 11.6 Å². The number of hydrogen-bond acceptors (Lipinski definition) is 4. The number of aliphatic carboxylic acids is 1. The number of Topliss-reactive ketones (excluding diaryl/α,β-unsaturated/α-hetero) is 1. The van der Waals surface area contributed by atoms with E-state index in [1.54, 1.807) is 6.92 Å². The molecule has 6 heteroatoms. The van der Waals surface area contributed by atoms with Crippen LogP contribution in [0.1, 0.15) is 20.8 Å². The molecule has 5 nitrogen and oxygen atoms in total. The maximum Gasteiger partial charge on any atom is 0.329 e. The van der Waals surface area contributed by atoms with Gasteiger partial charge in [0.15, 0.2) is 11.2 Å². The first-order valence-corrected chi connectivity index (χ1v) is 4.27. The summed E-state index contributed by atoms with van der Waals surface area (Å²) < 4.78 is 4.40. The number of ketones is 1. The van der Waals surface area contributed by atoms with Crippen LogP contribution in [0.25, 0.3) is 0 Å². The summed E-state index contributed by atoms with van der Waals surface area (Å²) in [6.07, 6.45) is 0. The van der Waals surface area contributed by atoms with Crippen LogP contribution in [0.2, 0.25) is 0 Å². The highest BCUT2D eigenvalue weighted by Crippen LogP contribution is 1.95. The average Bonchev–Trinajstić information content (AvgIpc) is 2.03. The number of carbonyl (C=O) groups is 3. The molecule has 0 spiro atoms. The minimum absolute atomic E-state index is 0.211. The van der Waals surface area contributed by atoms with E-state index in [9.17, 15) is 14.4 Å². The fourth-order valence-corrected chi connectivity index (χ4v) is 0.377. The quantitative estimate of drug-likeness (QED) is 0.436. The monoisotopic (exact) mass is 224 g/mol. The average molecular weight is 225 g/mol. The Morgan fingerprint density at radius 3 is 1.79 bits per heavy atom. The number of carboxylic acid groups (broad SMARTS) is 1. The molecule has 0 aliphatic rings. The predicted octanol–water partition coefficient (Wildman–Crippen LogP) is 0.837. The van der Waals surface area contributed by atoms with Crippen molar-refractivity contribution in [1.29, 1.82) is 0 Å². The van der Waals surface area contributed by atoms with Gasteiger partial charge in [0.05, 0.1) is 6.61 Å². The lowest BCUT2D eigenvalue weighted by molar-refractivity contribution is -0.141. The van der Waals surface area contributed by atoms with E-state index in [0.29, 0.717) is 6.61 Å². The van der Waals surface area contributed by atoms with E-state index < -0.39 is 17.1 Å². The molecule has 0 amide bonds. The maximum atomic E-state index is 10.1. The van der Waals surface area contributed by atoms with Crippen LogP contribution >= 0.6 is 11.6 Å². The van der Waals surface area contributed by atoms with Crippen molar-refractivity contribution in [2.45, 2.75) is 26.1 Å². The highest BCUT2D eigenvalue weighted by Gasteiger charge is 2.17. The minimum Gasteiger partial charge on any atom is -0.480 e. The fourth-order valence-electron chi connectivity index (χ4n) is 0.377. The highest BCUT2D eigenvalue weighted by atomic mass is 35.5. The number of alkyl halides is 1. The molecule has 1 N–H and O–H groups in total. The second-order valence-electron chi connectivity index (χ2n) is 2.24. The topological polar surface area (TPSA) is 80.7 Å². The number of esters is 1. The summed E-state index contributed by atoms with van der Waals surface area (Å²) in [5.41, 5.74) is 0. The van der Waals surface area contributed by atoms with Gasteiger partial charge in [-0.3, -0.25) is 14.4 Å². The SMILES string of the molecule is CC(=O)C(Cl)C(=O)O.CCOC(C)=O. The summed E-state index contributed by atoms with van der Waals surface area (Å²) in [5.74, 6) is -2.05. The zero-order valence-corrected chi connectivity index (χ0v) is 9.00. The largest absolute Gasteiger partial charge is 0.480 e. The highest BCUT2D eigenvalue weighted by molar-refractivity contribution is 6.40. The molecule has 0 rings (SSSR count). The van der Waals surface area contributed by atoms with Crippen molar-refractivity contribution in [2.75, 3.05) is 6.61 Å². The standard InChI is InChI=1S/C4H5ClO3.C4H8O2/c1-2(6)3(5)4(7)8;1-3-6-4(2)5/h3H,1H3,(H,7,8);3H2,1-2H3. The van der Waals surface area contributed by atoms with Crippen LogP contribution in [-0.2, 0) is 19.1 Å². The Balaban J connectivity index is 0. The van der Waals surface area contributed by atoms with Crippen LogP contribution in [0.5, 0.6) is 0 Å². The summed E-state index contributed by atoms with van der Waals surface area (Å²) in [6.45, 7) is 4.78. The first kappa shape index (κ1) is 15.4. The van der Waals surface area contributed by atoms with E-state index >= 15 is 0 Å². The number of ether oxygens (including phenoxy) is 1. The first-order chi connectivity index (χ1) is 6.32. The molecule has 0 aromatic heterocycles. The molecule has 0 radical (unpaired) electrons. The van der Waals surface area contributed by atoms with Gasteiger partial charge in [0.1, 0.15) is 0 Å². The smallest absolute Gasteiger partial charge is 0.329 e. The van der Waals surface area contributed by atoms with Crippen molar-refractivity contribution < 1.29 is 24.2 Å². The lowest BCUT2D eigenvalue weighted by atomic mass is 10.3. The Bertz CT molecular complexity index is 200. The van der Waals surface area contributed by atoms with Crippen molar-refractivity contribution in [3.05, 3.63) is 0 Å². The molecule has 0 aliphatic heterocycles. The summed E-state index contributed by atoms with van der Waals surface area (Å²) in [7, 11) is 0. The Morgan fingerprint density at radius 2 is 1.79 bits per heavy atom. The third-order valence-corrected chi connectivity index (χ3v) is 1.42. The van der Waals surface area contributed by atoms with Crippen molar-refractivity contribution in [3.63, 3.8) is 0 Å². The van der Waals surface area contributed by atoms with E-state index in [-0.39, 0.29) is 5.97 Å². The van der Waals surface area contributed by atoms with Crippen LogP contribution in [0.4, 0.5) is 0 Å². The number of carboxylic acids is 1. The zero-order chi connectivity index (χ0) is 11.7. The second-order valence-corrected chi connectivity index (χ2v) is 2.67. The van der Waals surface area contributed by atoms with E-state index in [2.05, 4.69) is 4.74 Å². The molecule has 1 unspecified atom stereocenters. The normalized spacial score (nSPS) is 10.6. The van der Waals surface area contributed by atoms with Crippen molar-refractivity contribution in [3.8, 4) is 0 Å². The molecule has 0 aromatic carbocycles. The summed E-state index contributed by atoms with van der Waals surface area (Å²) in [5, 5.41) is 6.62. The van der Waals surface area contributed by atoms with Crippen LogP contribution in [-0.4, -0.2) is 34.8 Å².